The Morgan fingerprint density at radius 1 is 1.23 bits per heavy atom. The zero-order valence-electron chi connectivity index (χ0n) is 12.5. The average molecular weight is 318 g/mol. The fraction of sp³-hybridized carbons (Fsp3) is 0.267. The minimum Gasteiger partial charge on any atom is -0.473 e. The predicted octanol–water partition coefficient (Wildman–Crippen LogP) is 3.55. The first kappa shape index (κ1) is 14.6. The van der Waals surface area contributed by atoms with Gasteiger partial charge in [0.25, 0.3) is 0 Å². The van der Waals surface area contributed by atoms with Gasteiger partial charge in [-0.3, -0.25) is 0 Å². The number of nitrogens with one attached hydrogen (secondary N) is 1. The van der Waals surface area contributed by atoms with Crippen molar-refractivity contribution in [3.63, 3.8) is 0 Å². The smallest absolute Gasteiger partial charge is 0.239 e. The van der Waals surface area contributed by atoms with Crippen molar-refractivity contribution < 1.29 is 4.74 Å². The largest absolute Gasteiger partial charge is 0.473 e. The van der Waals surface area contributed by atoms with Crippen molar-refractivity contribution in [1.29, 1.82) is 0 Å². The van der Waals surface area contributed by atoms with E-state index in [0.29, 0.717) is 22.5 Å². The van der Waals surface area contributed by atoms with Crippen molar-refractivity contribution in [3.05, 3.63) is 35.9 Å². The molecule has 0 unspecified atom stereocenters. The van der Waals surface area contributed by atoms with Crippen LogP contribution in [0.1, 0.15) is 13.8 Å². The van der Waals surface area contributed by atoms with Gasteiger partial charge in [-0.25, -0.2) is 9.97 Å². The van der Waals surface area contributed by atoms with Gasteiger partial charge < -0.3 is 14.6 Å². The second-order valence-electron chi connectivity index (χ2n) is 5.16. The maximum atomic E-state index is 5.96. The first-order valence-electron chi connectivity index (χ1n) is 6.91. The van der Waals surface area contributed by atoms with E-state index in [2.05, 4.69) is 20.3 Å². The third kappa shape index (κ3) is 2.82. The van der Waals surface area contributed by atoms with E-state index < -0.39 is 0 Å². The molecule has 0 radical (unpaired) electrons. The van der Waals surface area contributed by atoms with Crippen molar-refractivity contribution >= 4 is 34.1 Å². The topological polar surface area (TPSA) is 64.9 Å². The second kappa shape index (κ2) is 5.81. The van der Waals surface area contributed by atoms with Crippen molar-refractivity contribution in [3.8, 4) is 5.88 Å². The van der Waals surface area contributed by atoms with E-state index in [1.807, 2.05) is 43.8 Å². The molecule has 0 aliphatic heterocycles. The number of ether oxygens (including phenoxy) is 1. The summed E-state index contributed by atoms with van der Waals surface area (Å²) >= 11 is 5.96. The summed E-state index contributed by atoms with van der Waals surface area (Å²) in [7, 11) is 1.95. The van der Waals surface area contributed by atoms with Gasteiger partial charge in [0.2, 0.25) is 5.88 Å². The Morgan fingerprint density at radius 2 is 2.05 bits per heavy atom. The summed E-state index contributed by atoms with van der Waals surface area (Å²) < 4.78 is 7.68. The summed E-state index contributed by atoms with van der Waals surface area (Å²) in [5.74, 6) is 1.14. The summed E-state index contributed by atoms with van der Waals surface area (Å²) in [5, 5.41) is 3.64. The van der Waals surface area contributed by atoms with Crippen molar-refractivity contribution in [1.82, 2.24) is 19.5 Å². The first-order valence-corrected chi connectivity index (χ1v) is 7.28. The molecule has 3 heterocycles. The van der Waals surface area contributed by atoms with Crippen LogP contribution in [-0.4, -0.2) is 25.6 Å². The number of anilines is 2. The number of halogens is 1. The molecule has 1 N–H and O–H groups in total. The van der Waals surface area contributed by atoms with Gasteiger partial charge in [-0.15, -0.1) is 0 Å². The second-order valence-corrected chi connectivity index (χ2v) is 5.55. The molecule has 0 amide bonds. The quantitative estimate of drug-likeness (QED) is 0.745. The van der Waals surface area contributed by atoms with Crippen LogP contribution < -0.4 is 10.1 Å². The van der Waals surface area contributed by atoms with E-state index in [1.54, 1.807) is 6.07 Å². The Labute approximate surface area is 133 Å². The minimum absolute atomic E-state index is 0.00743. The molecule has 22 heavy (non-hydrogen) atoms. The van der Waals surface area contributed by atoms with Crippen LogP contribution in [0.2, 0.25) is 5.15 Å². The van der Waals surface area contributed by atoms with Crippen LogP contribution in [0.4, 0.5) is 11.5 Å². The zero-order chi connectivity index (χ0) is 15.7. The molecular formula is C15H16ClN5O. The molecule has 7 heteroatoms. The molecule has 0 saturated carbocycles. The Bertz CT molecular complexity index is 815. The van der Waals surface area contributed by atoms with E-state index in [4.69, 9.17) is 16.3 Å². The lowest BCUT2D eigenvalue weighted by molar-refractivity contribution is 0.234. The highest BCUT2D eigenvalue weighted by Crippen LogP contribution is 2.30. The highest BCUT2D eigenvalue weighted by Gasteiger charge is 2.13. The number of hydrogen-bond donors (Lipinski definition) is 1. The van der Waals surface area contributed by atoms with E-state index in [1.165, 1.54) is 6.33 Å². The molecular weight excluding hydrogens is 302 g/mol. The standard InChI is InChI=1S/C15H16ClN5O/c1-9(2)22-15-11(4-5-12(16)20-15)19-14-13-10(17-8-18-14)6-7-21(13)3/h4-9H,1-3H3,(H,17,18,19). The molecule has 3 aromatic rings. The lowest BCUT2D eigenvalue weighted by atomic mass is 10.3. The highest BCUT2D eigenvalue weighted by atomic mass is 35.5. The SMILES string of the molecule is CC(C)Oc1nc(Cl)ccc1Nc1ncnc2ccn(C)c12. The fourth-order valence-corrected chi connectivity index (χ4v) is 2.30. The number of rotatable bonds is 4. The summed E-state index contributed by atoms with van der Waals surface area (Å²) in [6, 6.07) is 5.47. The van der Waals surface area contributed by atoms with E-state index in [9.17, 15) is 0 Å². The Kier molecular flexibility index (Phi) is 3.85. The molecule has 0 bridgehead atoms. The average Bonchev–Trinajstić information content (AvgIpc) is 2.84. The van der Waals surface area contributed by atoms with Gasteiger partial charge >= 0.3 is 0 Å². The molecule has 0 aliphatic carbocycles. The predicted molar refractivity (Wildman–Crippen MR) is 86.8 cm³/mol. The van der Waals surface area contributed by atoms with Crippen LogP contribution in [0.25, 0.3) is 11.0 Å². The van der Waals surface area contributed by atoms with Crippen molar-refractivity contribution in [2.75, 3.05) is 5.32 Å². The maximum Gasteiger partial charge on any atom is 0.239 e. The number of nitrogens with zero attached hydrogens (tertiary/aromatic N) is 4. The number of aryl methyl sites for hydroxylation is 1. The van der Waals surface area contributed by atoms with Crippen LogP contribution >= 0.6 is 11.6 Å². The number of fused-ring (bicyclic) bond motifs is 1. The molecule has 0 atom stereocenters. The monoisotopic (exact) mass is 317 g/mol. The Hall–Kier alpha value is -2.34. The lowest BCUT2D eigenvalue weighted by Gasteiger charge is -2.15. The van der Waals surface area contributed by atoms with Crippen LogP contribution in [0.3, 0.4) is 0 Å². The van der Waals surface area contributed by atoms with Crippen molar-refractivity contribution in [2.45, 2.75) is 20.0 Å². The van der Waals surface area contributed by atoms with Gasteiger partial charge in [0, 0.05) is 13.2 Å². The summed E-state index contributed by atoms with van der Waals surface area (Å²) in [6.07, 6.45) is 3.46. The molecule has 114 valence electrons. The molecule has 3 aromatic heterocycles. The molecule has 0 aromatic carbocycles. The van der Waals surface area contributed by atoms with E-state index >= 15 is 0 Å². The lowest BCUT2D eigenvalue weighted by Crippen LogP contribution is -2.09. The minimum atomic E-state index is -0.00743. The maximum absolute atomic E-state index is 5.96. The first-order chi connectivity index (χ1) is 10.5. The summed E-state index contributed by atoms with van der Waals surface area (Å²) in [4.78, 5) is 12.8. The van der Waals surface area contributed by atoms with E-state index in [0.717, 1.165) is 11.0 Å². The van der Waals surface area contributed by atoms with Gasteiger partial charge in [0.05, 0.1) is 11.6 Å². The van der Waals surface area contributed by atoms with Crippen LogP contribution in [-0.2, 0) is 7.05 Å². The molecule has 0 fully saturated rings. The zero-order valence-corrected chi connectivity index (χ0v) is 13.3. The molecule has 3 rings (SSSR count). The van der Waals surface area contributed by atoms with Gasteiger partial charge in [-0.05, 0) is 32.0 Å². The normalized spacial score (nSPS) is 11.1. The summed E-state index contributed by atoms with van der Waals surface area (Å²) in [6.45, 7) is 3.87. The van der Waals surface area contributed by atoms with Gasteiger partial charge in [0.15, 0.2) is 5.82 Å². The van der Waals surface area contributed by atoms with Crippen molar-refractivity contribution in [2.24, 2.45) is 7.05 Å². The number of pyridine rings is 1. The summed E-state index contributed by atoms with van der Waals surface area (Å²) in [5.41, 5.74) is 2.49. The van der Waals surface area contributed by atoms with Gasteiger partial charge in [-0.1, -0.05) is 11.6 Å². The van der Waals surface area contributed by atoms with Crippen LogP contribution in [0.15, 0.2) is 30.7 Å². The third-order valence-corrected chi connectivity index (χ3v) is 3.30. The Balaban J connectivity index is 2.03. The molecule has 0 aliphatic rings. The van der Waals surface area contributed by atoms with Crippen LogP contribution in [0, 0.1) is 0 Å². The van der Waals surface area contributed by atoms with Crippen LogP contribution in [0.5, 0.6) is 5.88 Å². The third-order valence-electron chi connectivity index (χ3n) is 3.09. The molecule has 6 nitrogen and oxygen atoms in total. The van der Waals surface area contributed by atoms with E-state index in [-0.39, 0.29) is 6.10 Å². The molecule has 0 spiro atoms. The van der Waals surface area contributed by atoms with Gasteiger partial charge in [-0.2, -0.15) is 4.98 Å². The highest BCUT2D eigenvalue weighted by molar-refractivity contribution is 6.29. The number of hydrogen-bond acceptors (Lipinski definition) is 5. The van der Waals surface area contributed by atoms with Gasteiger partial charge in [0.1, 0.15) is 22.7 Å². The fourth-order valence-electron chi connectivity index (χ4n) is 2.16. The number of aromatic nitrogens is 4. The molecule has 0 saturated heterocycles. The Morgan fingerprint density at radius 3 is 2.82 bits per heavy atom.